The van der Waals surface area contributed by atoms with Crippen molar-refractivity contribution in [2.45, 2.75) is 31.9 Å². The molecule has 4 aromatic rings. The Balaban J connectivity index is 1.29. The zero-order valence-corrected chi connectivity index (χ0v) is 17.1. The highest BCUT2D eigenvalue weighted by molar-refractivity contribution is 5.76. The van der Waals surface area contributed by atoms with E-state index < -0.39 is 12.3 Å². The number of ether oxygens (including phenoxy) is 1. The van der Waals surface area contributed by atoms with Crippen molar-refractivity contribution in [2.75, 3.05) is 13.2 Å². The van der Waals surface area contributed by atoms with Crippen molar-refractivity contribution in [1.82, 2.24) is 19.3 Å². The molecule has 1 spiro atoms. The van der Waals surface area contributed by atoms with Crippen LogP contribution in [0.25, 0.3) is 22.5 Å². The van der Waals surface area contributed by atoms with Gasteiger partial charge in [-0.3, -0.25) is 9.13 Å². The molecule has 32 heavy (non-hydrogen) atoms. The molecule has 2 aliphatic rings. The summed E-state index contributed by atoms with van der Waals surface area (Å²) in [5, 5.41) is 7.03. The Bertz CT molecular complexity index is 1340. The highest BCUT2D eigenvalue weighted by Crippen LogP contribution is 2.53. The number of benzene rings is 2. The van der Waals surface area contributed by atoms with Gasteiger partial charge in [-0.1, -0.05) is 24.3 Å². The van der Waals surface area contributed by atoms with Crippen molar-refractivity contribution < 1.29 is 17.9 Å². The van der Waals surface area contributed by atoms with Gasteiger partial charge >= 0.3 is 12.1 Å². The fraction of sp³-hybridized carbons (Fsp3) is 0.348. The second kappa shape index (κ2) is 7.09. The van der Waals surface area contributed by atoms with Gasteiger partial charge in [0.25, 0.3) is 5.89 Å². The fourth-order valence-corrected chi connectivity index (χ4v) is 4.86. The van der Waals surface area contributed by atoms with E-state index in [9.17, 15) is 13.6 Å². The number of para-hydroxylation sites is 2. The normalized spacial score (nSPS) is 17.7. The molecule has 7 nitrogen and oxygen atoms in total. The smallest absolute Gasteiger partial charge is 0.329 e. The fourth-order valence-electron chi connectivity index (χ4n) is 4.86. The van der Waals surface area contributed by atoms with Gasteiger partial charge in [-0.2, -0.15) is 8.78 Å². The molecule has 2 fully saturated rings. The number of imidazole rings is 1. The lowest BCUT2D eigenvalue weighted by molar-refractivity contribution is -0.174. The molecule has 0 unspecified atom stereocenters. The third kappa shape index (κ3) is 2.99. The summed E-state index contributed by atoms with van der Waals surface area (Å²) < 4.78 is 39.5. The van der Waals surface area contributed by atoms with Crippen molar-refractivity contribution in [2.24, 2.45) is 5.41 Å². The van der Waals surface area contributed by atoms with Gasteiger partial charge < -0.3 is 9.15 Å². The number of fused-ring (bicyclic) bond motifs is 1. The summed E-state index contributed by atoms with van der Waals surface area (Å²) in [4.78, 5) is 13.4. The number of hydrogen-bond donors (Lipinski definition) is 0. The van der Waals surface area contributed by atoms with Crippen LogP contribution in [0.2, 0.25) is 0 Å². The first kappa shape index (κ1) is 19.4. The Morgan fingerprint density at radius 2 is 1.75 bits per heavy atom. The van der Waals surface area contributed by atoms with Crippen LogP contribution in [0.4, 0.5) is 8.78 Å². The van der Waals surface area contributed by atoms with Gasteiger partial charge in [-0.25, -0.2) is 4.79 Å². The lowest BCUT2D eigenvalue weighted by atomic mass is 9.64. The molecule has 0 bridgehead atoms. The molecule has 0 radical (unpaired) electrons. The summed E-state index contributed by atoms with van der Waals surface area (Å²) in [5.74, 6) is -0.658. The number of halogens is 2. The maximum absolute atomic E-state index is 13.4. The monoisotopic (exact) mass is 438 g/mol. The van der Waals surface area contributed by atoms with Crippen LogP contribution in [-0.4, -0.2) is 32.5 Å². The Hall–Kier alpha value is -3.33. The Labute approximate surface area is 181 Å². The summed E-state index contributed by atoms with van der Waals surface area (Å²) in [6.07, 6.45) is -0.858. The van der Waals surface area contributed by atoms with Crippen molar-refractivity contribution in [1.29, 1.82) is 0 Å². The lowest BCUT2D eigenvalue weighted by Crippen LogP contribution is -2.53. The summed E-state index contributed by atoms with van der Waals surface area (Å²) in [6.45, 7) is 1.99. The molecule has 2 aromatic carbocycles. The average molecular weight is 438 g/mol. The summed E-state index contributed by atoms with van der Waals surface area (Å²) in [7, 11) is 0. The largest absolute Gasteiger partial charge is 0.415 e. The van der Waals surface area contributed by atoms with Crippen LogP contribution in [0.15, 0.2) is 57.7 Å². The van der Waals surface area contributed by atoms with E-state index in [-0.39, 0.29) is 23.0 Å². The van der Waals surface area contributed by atoms with Gasteiger partial charge in [0.05, 0.1) is 30.8 Å². The minimum Gasteiger partial charge on any atom is -0.415 e. The minimum absolute atomic E-state index is 0.0196. The molecule has 2 aromatic heterocycles. The molecule has 6 rings (SSSR count). The van der Waals surface area contributed by atoms with E-state index in [1.54, 1.807) is 16.7 Å². The number of alkyl halides is 2. The molecule has 3 heterocycles. The van der Waals surface area contributed by atoms with Gasteiger partial charge in [-0.05, 0) is 42.7 Å². The second-order valence-corrected chi connectivity index (χ2v) is 8.73. The van der Waals surface area contributed by atoms with Crippen LogP contribution in [-0.2, 0) is 11.3 Å². The maximum Gasteiger partial charge on any atom is 0.329 e. The van der Waals surface area contributed by atoms with Crippen LogP contribution >= 0.6 is 0 Å². The van der Waals surface area contributed by atoms with Crippen molar-refractivity contribution in [3.63, 3.8) is 0 Å². The Morgan fingerprint density at radius 3 is 2.38 bits per heavy atom. The first-order chi connectivity index (χ1) is 15.5. The van der Waals surface area contributed by atoms with E-state index in [4.69, 9.17) is 9.15 Å². The van der Waals surface area contributed by atoms with Gasteiger partial charge in [-0.15, -0.1) is 10.2 Å². The molecule has 1 aliphatic heterocycles. The summed E-state index contributed by atoms with van der Waals surface area (Å²) >= 11 is 0. The zero-order chi connectivity index (χ0) is 21.9. The van der Waals surface area contributed by atoms with Gasteiger partial charge in [0.2, 0.25) is 5.89 Å². The van der Waals surface area contributed by atoms with Crippen LogP contribution in [0.5, 0.6) is 0 Å². The van der Waals surface area contributed by atoms with E-state index in [1.165, 1.54) is 0 Å². The third-order valence-electron chi connectivity index (χ3n) is 6.56. The molecular formula is C23H20F2N4O3. The van der Waals surface area contributed by atoms with Crippen molar-refractivity contribution in [3.05, 3.63) is 70.5 Å². The number of rotatable bonds is 5. The van der Waals surface area contributed by atoms with Gasteiger partial charge in [0.1, 0.15) is 0 Å². The van der Waals surface area contributed by atoms with Gasteiger partial charge in [0.15, 0.2) is 0 Å². The molecule has 0 N–H and O–H groups in total. The molecule has 0 amide bonds. The topological polar surface area (TPSA) is 75.1 Å². The van der Waals surface area contributed by atoms with Gasteiger partial charge in [0, 0.05) is 17.0 Å². The molecule has 9 heteroatoms. The molecular weight excluding hydrogens is 418 g/mol. The van der Waals surface area contributed by atoms with Crippen LogP contribution < -0.4 is 5.69 Å². The lowest BCUT2D eigenvalue weighted by Gasteiger charge is -2.53. The van der Waals surface area contributed by atoms with Crippen LogP contribution in [0.3, 0.4) is 0 Å². The van der Waals surface area contributed by atoms with Crippen molar-refractivity contribution >= 4 is 11.0 Å². The predicted molar refractivity (Wildman–Crippen MR) is 112 cm³/mol. The molecule has 1 saturated heterocycles. The molecule has 1 saturated carbocycles. The first-order valence-electron chi connectivity index (χ1n) is 10.5. The summed E-state index contributed by atoms with van der Waals surface area (Å²) in [6, 6.07) is 15.2. The highest BCUT2D eigenvalue weighted by atomic mass is 19.3. The third-order valence-corrected chi connectivity index (χ3v) is 6.56. The first-order valence-corrected chi connectivity index (χ1v) is 10.5. The van der Waals surface area contributed by atoms with Crippen LogP contribution in [0.1, 0.15) is 36.8 Å². The quantitative estimate of drug-likeness (QED) is 0.467. The van der Waals surface area contributed by atoms with E-state index >= 15 is 0 Å². The van der Waals surface area contributed by atoms with E-state index in [0.29, 0.717) is 12.1 Å². The van der Waals surface area contributed by atoms with Crippen LogP contribution in [0, 0.1) is 5.41 Å². The maximum atomic E-state index is 13.4. The predicted octanol–water partition coefficient (Wildman–Crippen LogP) is 4.19. The highest BCUT2D eigenvalue weighted by Gasteiger charge is 2.51. The average Bonchev–Trinajstić information content (AvgIpc) is 3.32. The number of aromatic nitrogens is 4. The molecule has 164 valence electrons. The zero-order valence-electron chi connectivity index (χ0n) is 17.1. The van der Waals surface area contributed by atoms with Crippen molar-refractivity contribution in [3.8, 4) is 11.5 Å². The van der Waals surface area contributed by atoms with E-state index in [0.717, 1.165) is 42.7 Å². The Kier molecular flexibility index (Phi) is 4.29. The van der Waals surface area contributed by atoms with E-state index in [2.05, 4.69) is 10.2 Å². The Morgan fingerprint density at radius 1 is 1.03 bits per heavy atom. The SMILES string of the molecule is O=c1n(Cc2ccc(-c3nnc(C(F)F)o3)cc2)c2ccccc2n1C1CC2(COC2)C1. The second-order valence-electron chi connectivity index (χ2n) is 8.73. The molecule has 1 aliphatic carbocycles. The van der Waals surface area contributed by atoms with E-state index in [1.807, 2.05) is 41.0 Å². The molecule has 0 atom stereocenters. The minimum atomic E-state index is -2.80. The number of nitrogens with zero attached hydrogens (tertiary/aromatic N) is 4. The standard InChI is InChI=1S/C23H20F2N4O3/c24-19(25)21-27-26-20(32-21)15-7-5-14(6-8-15)11-28-17-3-1-2-4-18(17)29(22(28)30)16-9-23(10-16)12-31-13-23/h1-8,16,19H,9-13H2. The summed E-state index contributed by atoms with van der Waals surface area (Å²) in [5.41, 5.74) is 3.54. The number of hydrogen-bond acceptors (Lipinski definition) is 5.